The first-order valence-corrected chi connectivity index (χ1v) is 8.92. The number of rotatable bonds is 7. The Labute approximate surface area is 154 Å². The van der Waals surface area contributed by atoms with E-state index < -0.39 is 11.8 Å². The molecule has 0 atom stereocenters. The number of carbonyl (C=O) groups is 2. The van der Waals surface area contributed by atoms with Crippen LogP contribution in [0.25, 0.3) is 0 Å². The molecule has 2 aromatic carbocycles. The zero-order valence-corrected chi connectivity index (χ0v) is 15.6. The predicted octanol–water partition coefficient (Wildman–Crippen LogP) is 3.12. The van der Waals surface area contributed by atoms with Crippen LogP contribution < -0.4 is 15.4 Å². The number of anilines is 1. The molecule has 0 saturated carbocycles. The van der Waals surface area contributed by atoms with Gasteiger partial charge in [0.15, 0.2) is 0 Å². The van der Waals surface area contributed by atoms with E-state index in [0.717, 1.165) is 41.0 Å². The van der Waals surface area contributed by atoms with Crippen LogP contribution in [0.15, 0.2) is 42.5 Å². The topological polar surface area (TPSA) is 67.4 Å². The quantitative estimate of drug-likeness (QED) is 0.751. The molecule has 26 heavy (non-hydrogen) atoms. The lowest BCUT2D eigenvalue weighted by molar-refractivity contribution is -0.136. The zero-order valence-electron chi connectivity index (χ0n) is 15.6. The number of hydrogen-bond donors (Lipinski definition) is 2. The average molecular weight is 354 g/mol. The first-order chi connectivity index (χ1) is 12.6. The van der Waals surface area contributed by atoms with Gasteiger partial charge in [-0.25, -0.2) is 0 Å². The summed E-state index contributed by atoms with van der Waals surface area (Å²) in [6, 6.07) is 13.5. The summed E-state index contributed by atoms with van der Waals surface area (Å²) in [5.41, 5.74) is 3.79. The largest absolute Gasteiger partial charge is 0.496 e. The number of aryl methyl sites for hydroxylation is 2. The third-order valence-corrected chi connectivity index (χ3v) is 4.32. The molecule has 2 rings (SSSR count). The summed E-state index contributed by atoms with van der Waals surface area (Å²) in [7, 11) is 1.61. The maximum atomic E-state index is 12.3. The van der Waals surface area contributed by atoms with Crippen LogP contribution in [0.1, 0.15) is 30.5 Å². The van der Waals surface area contributed by atoms with Crippen molar-refractivity contribution in [2.24, 2.45) is 0 Å². The molecule has 0 bridgehead atoms. The minimum absolute atomic E-state index is 0.364. The van der Waals surface area contributed by atoms with Crippen LogP contribution in [0.5, 0.6) is 5.75 Å². The van der Waals surface area contributed by atoms with E-state index in [1.54, 1.807) is 7.11 Å². The maximum Gasteiger partial charge on any atom is 0.313 e. The van der Waals surface area contributed by atoms with Crippen molar-refractivity contribution in [3.05, 3.63) is 59.2 Å². The van der Waals surface area contributed by atoms with Crippen molar-refractivity contribution < 1.29 is 14.3 Å². The van der Waals surface area contributed by atoms with E-state index in [2.05, 4.69) is 10.6 Å². The number of ether oxygens (including phenoxy) is 1. The number of amides is 2. The molecule has 5 heteroatoms. The minimum Gasteiger partial charge on any atom is -0.496 e. The Hall–Kier alpha value is -2.82. The fraction of sp³-hybridized carbons (Fsp3) is 0.333. The highest BCUT2D eigenvalue weighted by atomic mass is 16.5. The molecule has 2 N–H and O–H groups in total. The number of benzene rings is 2. The van der Waals surface area contributed by atoms with Crippen LogP contribution >= 0.6 is 0 Å². The van der Waals surface area contributed by atoms with Gasteiger partial charge in [-0.05, 0) is 42.0 Å². The second-order valence-electron chi connectivity index (χ2n) is 5.93. The first-order valence-electron chi connectivity index (χ1n) is 8.92. The highest BCUT2D eigenvalue weighted by Crippen LogP contribution is 2.22. The Morgan fingerprint density at radius 1 is 0.885 bits per heavy atom. The standard InChI is InChI=1S/C21H26N2O3/c1-4-15-10-8-11-16(5-2)19(15)23-21(25)20(24)22-14-13-17-9-6-7-12-18(17)26-3/h6-12H,4-5,13-14H2,1-3H3,(H,22,24)(H,23,25). The van der Waals surface area contributed by atoms with Gasteiger partial charge in [0.1, 0.15) is 5.75 Å². The van der Waals surface area contributed by atoms with Crippen LogP contribution in [0.4, 0.5) is 5.69 Å². The van der Waals surface area contributed by atoms with E-state index in [-0.39, 0.29) is 0 Å². The Morgan fingerprint density at radius 2 is 1.50 bits per heavy atom. The summed E-state index contributed by atoms with van der Waals surface area (Å²) in [5.74, 6) is -0.496. The van der Waals surface area contributed by atoms with E-state index >= 15 is 0 Å². The molecule has 138 valence electrons. The summed E-state index contributed by atoms with van der Waals surface area (Å²) in [6.07, 6.45) is 2.17. The fourth-order valence-electron chi connectivity index (χ4n) is 2.87. The van der Waals surface area contributed by atoms with Crippen molar-refractivity contribution in [1.82, 2.24) is 5.32 Å². The minimum atomic E-state index is -0.638. The van der Waals surface area contributed by atoms with Gasteiger partial charge in [-0.2, -0.15) is 0 Å². The Bertz CT molecular complexity index is 749. The molecular weight excluding hydrogens is 328 g/mol. The normalized spacial score (nSPS) is 10.3. The van der Waals surface area contributed by atoms with Crippen LogP contribution in [0.3, 0.4) is 0 Å². The molecule has 2 aromatic rings. The second-order valence-corrected chi connectivity index (χ2v) is 5.93. The Morgan fingerprint density at radius 3 is 2.12 bits per heavy atom. The van der Waals surface area contributed by atoms with Crippen molar-refractivity contribution in [2.75, 3.05) is 19.0 Å². The molecule has 0 fully saturated rings. The molecule has 5 nitrogen and oxygen atoms in total. The summed E-state index contributed by atoms with van der Waals surface area (Å²) in [6.45, 7) is 4.41. The maximum absolute atomic E-state index is 12.3. The molecule has 0 aliphatic carbocycles. The van der Waals surface area contributed by atoms with Gasteiger partial charge < -0.3 is 15.4 Å². The molecule has 0 radical (unpaired) electrons. The van der Waals surface area contributed by atoms with Crippen molar-refractivity contribution in [3.63, 3.8) is 0 Å². The van der Waals surface area contributed by atoms with Crippen molar-refractivity contribution in [3.8, 4) is 5.75 Å². The number of hydrogen-bond acceptors (Lipinski definition) is 3. The Balaban J connectivity index is 1.95. The highest BCUT2D eigenvalue weighted by molar-refractivity contribution is 6.39. The highest BCUT2D eigenvalue weighted by Gasteiger charge is 2.16. The van der Waals surface area contributed by atoms with E-state index in [0.29, 0.717) is 13.0 Å². The van der Waals surface area contributed by atoms with E-state index in [1.165, 1.54) is 0 Å². The fourth-order valence-corrected chi connectivity index (χ4v) is 2.87. The molecule has 0 spiro atoms. The van der Waals surface area contributed by atoms with Gasteiger partial charge in [0, 0.05) is 12.2 Å². The molecular formula is C21H26N2O3. The molecule has 0 aliphatic rings. The van der Waals surface area contributed by atoms with Crippen LogP contribution in [0.2, 0.25) is 0 Å². The van der Waals surface area contributed by atoms with Gasteiger partial charge in [0.05, 0.1) is 7.11 Å². The number of nitrogens with one attached hydrogen (secondary N) is 2. The first kappa shape index (κ1) is 19.5. The van der Waals surface area contributed by atoms with Crippen LogP contribution in [-0.4, -0.2) is 25.5 Å². The summed E-state index contributed by atoms with van der Waals surface area (Å²) in [5, 5.41) is 5.45. The Kier molecular flexibility index (Phi) is 7.21. The van der Waals surface area contributed by atoms with Crippen molar-refractivity contribution >= 4 is 17.5 Å². The molecule has 0 aliphatic heterocycles. The summed E-state index contributed by atoms with van der Waals surface area (Å²) < 4.78 is 5.29. The van der Waals surface area contributed by atoms with Gasteiger partial charge in [-0.1, -0.05) is 50.2 Å². The summed E-state index contributed by atoms with van der Waals surface area (Å²) in [4.78, 5) is 24.4. The SMILES string of the molecule is CCc1cccc(CC)c1NC(=O)C(=O)NCCc1ccccc1OC. The summed E-state index contributed by atoms with van der Waals surface area (Å²) >= 11 is 0. The lowest BCUT2D eigenvalue weighted by atomic mass is 10.0. The molecule has 0 heterocycles. The van der Waals surface area contributed by atoms with Crippen LogP contribution in [0, 0.1) is 0 Å². The van der Waals surface area contributed by atoms with Gasteiger partial charge in [-0.3, -0.25) is 9.59 Å². The molecule has 0 aromatic heterocycles. The van der Waals surface area contributed by atoms with Crippen LogP contribution in [-0.2, 0) is 28.9 Å². The number of para-hydroxylation sites is 2. The second kappa shape index (κ2) is 9.61. The van der Waals surface area contributed by atoms with Gasteiger partial charge in [0.25, 0.3) is 0 Å². The van der Waals surface area contributed by atoms with Crippen molar-refractivity contribution in [2.45, 2.75) is 33.1 Å². The zero-order chi connectivity index (χ0) is 18.9. The smallest absolute Gasteiger partial charge is 0.313 e. The van der Waals surface area contributed by atoms with Gasteiger partial charge >= 0.3 is 11.8 Å². The molecule has 2 amide bonds. The molecule has 0 saturated heterocycles. The van der Waals surface area contributed by atoms with Crippen molar-refractivity contribution in [1.29, 1.82) is 0 Å². The average Bonchev–Trinajstić information content (AvgIpc) is 2.68. The van der Waals surface area contributed by atoms with E-state index in [1.807, 2.05) is 56.3 Å². The predicted molar refractivity (Wildman–Crippen MR) is 104 cm³/mol. The molecule has 0 unspecified atom stereocenters. The monoisotopic (exact) mass is 354 g/mol. The van der Waals surface area contributed by atoms with Gasteiger partial charge in [-0.15, -0.1) is 0 Å². The third-order valence-electron chi connectivity index (χ3n) is 4.32. The third kappa shape index (κ3) is 4.85. The lowest BCUT2D eigenvalue weighted by Gasteiger charge is -2.14. The van der Waals surface area contributed by atoms with E-state index in [9.17, 15) is 9.59 Å². The lowest BCUT2D eigenvalue weighted by Crippen LogP contribution is -2.36. The van der Waals surface area contributed by atoms with Gasteiger partial charge in [0.2, 0.25) is 0 Å². The van der Waals surface area contributed by atoms with E-state index in [4.69, 9.17) is 4.74 Å². The number of carbonyl (C=O) groups excluding carboxylic acids is 2. The number of methoxy groups -OCH3 is 1.